The van der Waals surface area contributed by atoms with Gasteiger partial charge >= 0.3 is 0 Å². The van der Waals surface area contributed by atoms with Gasteiger partial charge in [-0.1, -0.05) is 6.07 Å². The van der Waals surface area contributed by atoms with Gasteiger partial charge in [-0.3, -0.25) is 9.48 Å². The van der Waals surface area contributed by atoms with Crippen LogP contribution < -0.4 is 4.90 Å². The summed E-state index contributed by atoms with van der Waals surface area (Å²) in [6.45, 7) is 7.99. The van der Waals surface area contributed by atoms with Crippen LogP contribution in [0.15, 0.2) is 12.1 Å². The van der Waals surface area contributed by atoms with Crippen LogP contribution in [0.3, 0.4) is 0 Å². The molecule has 1 saturated carbocycles. The molecule has 1 aromatic heterocycles. The summed E-state index contributed by atoms with van der Waals surface area (Å²) in [5.74, 6) is 1.95. The van der Waals surface area contributed by atoms with E-state index in [1.54, 1.807) is 6.92 Å². The van der Waals surface area contributed by atoms with Crippen LogP contribution in [0.4, 0.5) is 11.5 Å². The number of hydrogen-bond donors (Lipinski definition) is 0. The Hall–Kier alpha value is -2.67. The molecule has 1 aliphatic carbocycles. The summed E-state index contributed by atoms with van der Waals surface area (Å²) in [5, 5.41) is 5.32. The maximum absolute atomic E-state index is 12.3. The molecular weight excluding hydrogens is 464 g/mol. The number of anilines is 2. The number of carbonyl (C=O) groups is 2. The Morgan fingerprint density at radius 2 is 1.84 bits per heavy atom. The number of aromatic nitrogens is 2. The van der Waals surface area contributed by atoms with Gasteiger partial charge in [-0.05, 0) is 87.0 Å². The summed E-state index contributed by atoms with van der Waals surface area (Å²) in [6, 6.07) is 5.20. The lowest BCUT2D eigenvalue weighted by atomic mass is 9.85. The number of ether oxygens (including phenoxy) is 1. The fraction of sp³-hybridized carbons (Fsp3) is 0.633. The second-order valence-corrected chi connectivity index (χ2v) is 11.6. The van der Waals surface area contributed by atoms with E-state index in [2.05, 4.69) is 28.6 Å². The molecule has 7 heteroatoms. The molecule has 37 heavy (non-hydrogen) atoms. The number of aryl methyl sites for hydroxylation is 2. The fourth-order valence-corrected chi connectivity index (χ4v) is 7.12. The minimum absolute atomic E-state index is 0.131. The number of carbonyl (C=O) groups excluding carboxylic acids is 2. The Bertz CT molecular complexity index is 1170. The molecule has 1 saturated heterocycles. The van der Waals surface area contributed by atoms with E-state index in [4.69, 9.17) is 9.84 Å². The normalized spacial score (nSPS) is 24.5. The van der Waals surface area contributed by atoms with Crippen LogP contribution in [0.25, 0.3) is 0 Å². The van der Waals surface area contributed by atoms with E-state index in [-0.39, 0.29) is 11.8 Å². The SMILES string of the molecule is CC(=O)N1CCc2c(c(N3CCCc4cc(C5CCOCC5)c(C)cc43)nn2C2CCC(C=O)CC2)C1. The number of fused-ring (bicyclic) bond motifs is 2. The maximum atomic E-state index is 12.3. The highest BCUT2D eigenvalue weighted by Gasteiger charge is 2.34. The Balaban J connectivity index is 1.38. The first kappa shape index (κ1) is 24.7. The minimum Gasteiger partial charge on any atom is -0.381 e. The Labute approximate surface area is 220 Å². The molecule has 1 aromatic carbocycles. The van der Waals surface area contributed by atoms with Crippen molar-refractivity contribution in [3.8, 4) is 0 Å². The summed E-state index contributed by atoms with van der Waals surface area (Å²) in [4.78, 5) is 28.1. The second-order valence-electron chi connectivity index (χ2n) is 11.6. The standard InChI is InChI=1S/C30H40N4O3/c1-20-16-29-24(17-26(20)23-10-14-37-15-11-23)4-3-12-33(29)30-27-18-32(21(2)36)13-9-28(27)34(31-30)25-7-5-22(19-35)6-8-25/h16-17,19,22-23,25H,3-15,18H2,1-2H3. The van der Waals surface area contributed by atoms with Crippen molar-refractivity contribution in [1.82, 2.24) is 14.7 Å². The number of aldehydes is 1. The van der Waals surface area contributed by atoms with Gasteiger partial charge in [0.05, 0.1) is 12.6 Å². The van der Waals surface area contributed by atoms with Gasteiger partial charge in [0.15, 0.2) is 5.82 Å². The summed E-state index contributed by atoms with van der Waals surface area (Å²) in [6.07, 6.45) is 10.3. The van der Waals surface area contributed by atoms with Crippen LogP contribution in [0.1, 0.15) is 91.8 Å². The van der Waals surface area contributed by atoms with Crippen molar-refractivity contribution >= 4 is 23.7 Å². The molecule has 0 spiro atoms. The quantitative estimate of drug-likeness (QED) is 0.548. The molecule has 2 fully saturated rings. The van der Waals surface area contributed by atoms with Gasteiger partial charge in [0.1, 0.15) is 6.29 Å². The third-order valence-corrected chi connectivity index (χ3v) is 9.29. The molecule has 0 atom stereocenters. The lowest BCUT2D eigenvalue weighted by molar-refractivity contribution is -0.129. The van der Waals surface area contributed by atoms with Crippen molar-refractivity contribution in [1.29, 1.82) is 0 Å². The van der Waals surface area contributed by atoms with Crippen LogP contribution in [0.2, 0.25) is 0 Å². The summed E-state index contributed by atoms with van der Waals surface area (Å²) in [7, 11) is 0. The molecule has 0 radical (unpaired) electrons. The zero-order valence-electron chi connectivity index (χ0n) is 22.4. The van der Waals surface area contributed by atoms with Crippen molar-refractivity contribution in [2.45, 2.75) is 90.1 Å². The molecule has 198 valence electrons. The summed E-state index contributed by atoms with van der Waals surface area (Å²) < 4.78 is 7.92. The van der Waals surface area contributed by atoms with Gasteiger partial charge in [-0.2, -0.15) is 5.10 Å². The van der Waals surface area contributed by atoms with Crippen molar-refractivity contribution in [2.75, 3.05) is 31.2 Å². The van der Waals surface area contributed by atoms with Crippen LogP contribution in [-0.4, -0.2) is 53.2 Å². The van der Waals surface area contributed by atoms with Gasteiger partial charge in [-0.15, -0.1) is 0 Å². The minimum atomic E-state index is 0.131. The predicted octanol–water partition coefficient (Wildman–Crippen LogP) is 5.00. The number of benzene rings is 1. The molecule has 4 heterocycles. The molecule has 6 rings (SSSR count). The van der Waals surface area contributed by atoms with Crippen molar-refractivity contribution in [3.63, 3.8) is 0 Å². The molecule has 2 aromatic rings. The zero-order chi connectivity index (χ0) is 25.5. The van der Waals surface area contributed by atoms with Gasteiger partial charge in [0, 0.05) is 62.5 Å². The van der Waals surface area contributed by atoms with E-state index in [1.165, 1.54) is 33.6 Å². The van der Waals surface area contributed by atoms with Crippen LogP contribution in [0, 0.1) is 12.8 Å². The lowest BCUT2D eigenvalue weighted by Gasteiger charge is -2.34. The van der Waals surface area contributed by atoms with E-state index in [0.717, 1.165) is 96.2 Å². The second kappa shape index (κ2) is 10.2. The Morgan fingerprint density at radius 3 is 2.57 bits per heavy atom. The average molecular weight is 505 g/mol. The first-order chi connectivity index (χ1) is 18.0. The number of amides is 1. The topological polar surface area (TPSA) is 67.7 Å². The van der Waals surface area contributed by atoms with Gasteiger partial charge < -0.3 is 19.3 Å². The zero-order valence-corrected chi connectivity index (χ0v) is 22.4. The first-order valence-electron chi connectivity index (χ1n) is 14.3. The number of nitrogens with zero attached hydrogens (tertiary/aromatic N) is 4. The predicted molar refractivity (Wildman–Crippen MR) is 143 cm³/mol. The molecule has 4 aliphatic rings. The Morgan fingerprint density at radius 1 is 1.05 bits per heavy atom. The highest BCUT2D eigenvalue weighted by molar-refractivity contribution is 5.75. The summed E-state index contributed by atoms with van der Waals surface area (Å²) in [5.41, 5.74) is 8.08. The van der Waals surface area contributed by atoms with Crippen molar-refractivity contribution in [2.24, 2.45) is 5.92 Å². The highest BCUT2D eigenvalue weighted by atomic mass is 16.5. The molecule has 7 nitrogen and oxygen atoms in total. The van der Waals surface area contributed by atoms with E-state index >= 15 is 0 Å². The Kier molecular flexibility index (Phi) is 6.82. The average Bonchev–Trinajstić information content (AvgIpc) is 3.31. The molecule has 1 amide bonds. The van der Waals surface area contributed by atoms with Crippen molar-refractivity contribution in [3.05, 3.63) is 40.1 Å². The number of rotatable bonds is 4. The van der Waals surface area contributed by atoms with Crippen LogP contribution in [0.5, 0.6) is 0 Å². The smallest absolute Gasteiger partial charge is 0.219 e. The summed E-state index contributed by atoms with van der Waals surface area (Å²) >= 11 is 0. The van der Waals surface area contributed by atoms with Crippen LogP contribution in [-0.2, 0) is 33.7 Å². The van der Waals surface area contributed by atoms with E-state index < -0.39 is 0 Å². The van der Waals surface area contributed by atoms with Crippen molar-refractivity contribution < 1.29 is 14.3 Å². The highest BCUT2D eigenvalue weighted by Crippen LogP contribution is 2.42. The first-order valence-corrected chi connectivity index (χ1v) is 14.3. The molecular formula is C30H40N4O3. The van der Waals surface area contributed by atoms with E-state index in [1.807, 2.05) is 4.90 Å². The number of hydrogen-bond acceptors (Lipinski definition) is 5. The molecule has 0 N–H and O–H groups in total. The third kappa shape index (κ3) is 4.60. The van der Waals surface area contributed by atoms with Gasteiger partial charge in [0.25, 0.3) is 0 Å². The van der Waals surface area contributed by atoms with Crippen LogP contribution >= 0.6 is 0 Å². The van der Waals surface area contributed by atoms with Gasteiger partial charge in [-0.25, -0.2) is 0 Å². The lowest BCUT2D eigenvalue weighted by Crippen LogP contribution is -2.36. The maximum Gasteiger partial charge on any atom is 0.219 e. The third-order valence-electron chi connectivity index (χ3n) is 9.29. The van der Waals surface area contributed by atoms with Gasteiger partial charge in [0.2, 0.25) is 5.91 Å². The molecule has 0 bridgehead atoms. The largest absolute Gasteiger partial charge is 0.381 e. The molecule has 3 aliphatic heterocycles. The van der Waals surface area contributed by atoms with E-state index in [0.29, 0.717) is 18.5 Å². The van der Waals surface area contributed by atoms with E-state index in [9.17, 15) is 9.59 Å². The molecule has 0 unspecified atom stereocenters. The fourth-order valence-electron chi connectivity index (χ4n) is 7.12. The monoisotopic (exact) mass is 504 g/mol.